The van der Waals surface area contributed by atoms with Gasteiger partial charge in [0.05, 0.1) is 5.92 Å². The molecule has 3 heteroatoms. The van der Waals surface area contributed by atoms with E-state index in [4.69, 9.17) is 5.73 Å². The van der Waals surface area contributed by atoms with E-state index in [9.17, 15) is 4.79 Å². The van der Waals surface area contributed by atoms with Crippen LogP contribution in [-0.2, 0) is 4.79 Å². The normalized spacial score (nSPS) is 17.7. The molecule has 1 amide bonds. The minimum atomic E-state index is -0.0790. The van der Waals surface area contributed by atoms with E-state index >= 15 is 0 Å². The SMILES string of the molecule is CC(C(=O)N(CCN)C1CCCCC1)c1ccccc1. The van der Waals surface area contributed by atoms with Gasteiger partial charge in [-0.3, -0.25) is 4.79 Å². The molecule has 1 aromatic carbocycles. The summed E-state index contributed by atoms with van der Waals surface area (Å²) in [5.41, 5.74) is 6.81. The van der Waals surface area contributed by atoms with Gasteiger partial charge in [-0.25, -0.2) is 0 Å². The molecule has 0 heterocycles. The summed E-state index contributed by atoms with van der Waals surface area (Å²) < 4.78 is 0. The molecule has 3 nitrogen and oxygen atoms in total. The number of nitrogens with two attached hydrogens (primary N) is 1. The molecule has 1 fully saturated rings. The van der Waals surface area contributed by atoms with E-state index in [0.29, 0.717) is 19.1 Å². The van der Waals surface area contributed by atoms with Crippen LogP contribution in [0.1, 0.15) is 50.5 Å². The second-order valence-electron chi connectivity index (χ2n) is 5.74. The highest BCUT2D eigenvalue weighted by Gasteiger charge is 2.28. The Balaban J connectivity index is 2.09. The first-order chi connectivity index (χ1) is 9.74. The molecule has 1 aliphatic rings. The number of amides is 1. The first-order valence-electron chi connectivity index (χ1n) is 7.79. The first-order valence-corrected chi connectivity index (χ1v) is 7.79. The summed E-state index contributed by atoms with van der Waals surface area (Å²) in [6.45, 7) is 3.23. The lowest BCUT2D eigenvalue weighted by atomic mass is 9.92. The summed E-state index contributed by atoms with van der Waals surface area (Å²) in [5, 5.41) is 0. The molecule has 1 unspecified atom stereocenters. The second kappa shape index (κ2) is 7.44. The van der Waals surface area contributed by atoms with Crippen molar-refractivity contribution in [3.63, 3.8) is 0 Å². The Morgan fingerprint density at radius 1 is 1.25 bits per heavy atom. The van der Waals surface area contributed by atoms with E-state index in [2.05, 4.69) is 0 Å². The summed E-state index contributed by atoms with van der Waals surface area (Å²) >= 11 is 0. The lowest BCUT2D eigenvalue weighted by Gasteiger charge is -2.36. The molecule has 0 aromatic heterocycles. The fourth-order valence-electron chi connectivity index (χ4n) is 3.14. The third-order valence-corrected chi connectivity index (χ3v) is 4.34. The van der Waals surface area contributed by atoms with Crippen molar-refractivity contribution < 1.29 is 4.79 Å². The van der Waals surface area contributed by atoms with E-state index in [1.807, 2.05) is 42.2 Å². The molecule has 1 aliphatic carbocycles. The van der Waals surface area contributed by atoms with Crippen molar-refractivity contribution in [3.8, 4) is 0 Å². The maximum atomic E-state index is 12.8. The van der Waals surface area contributed by atoms with Gasteiger partial charge in [0.15, 0.2) is 0 Å². The summed E-state index contributed by atoms with van der Waals surface area (Å²) in [7, 11) is 0. The van der Waals surface area contributed by atoms with Gasteiger partial charge in [-0.2, -0.15) is 0 Å². The molecule has 1 aromatic rings. The van der Waals surface area contributed by atoms with Gasteiger partial charge in [-0.15, -0.1) is 0 Å². The predicted octanol–water partition coefficient (Wildman–Crippen LogP) is 2.91. The second-order valence-corrected chi connectivity index (χ2v) is 5.74. The molecule has 20 heavy (non-hydrogen) atoms. The molecule has 0 radical (unpaired) electrons. The van der Waals surface area contributed by atoms with Crippen molar-refractivity contribution in [2.45, 2.75) is 51.0 Å². The van der Waals surface area contributed by atoms with E-state index in [0.717, 1.165) is 18.4 Å². The van der Waals surface area contributed by atoms with Crippen molar-refractivity contribution >= 4 is 5.91 Å². The van der Waals surface area contributed by atoms with Gasteiger partial charge >= 0.3 is 0 Å². The van der Waals surface area contributed by atoms with Crippen LogP contribution in [0.3, 0.4) is 0 Å². The van der Waals surface area contributed by atoms with Gasteiger partial charge in [-0.05, 0) is 25.3 Å². The fraction of sp³-hybridized carbons (Fsp3) is 0.588. The standard InChI is InChI=1S/C17H26N2O/c1-14(15-8-4-2-5-9-15)17(20)19(13-12-18)16-10-6-3-7-11-16/h2,4-5,8-9,14,16H,3,6-7,10-13,18H2,1H3. The summed E-state index contributed by atoms with van der Waals surface area (Å²) in [6, 6.07) is 10.4. The van der Waals surface area contributed by atoms with Gasteiger partial charge < -0.3 is 10.6 Å². The molecular formula is C17H26N2O. The van der Waals surface area contributed by atoms with Gasteiger partial charge in [0.1, 0.15) is 0 Å². The van der Waals surface area contributed by atoms with Gasteiger partial charge in [0.25, 0.3) is 0 Å². The highest BCUT2D eigenvalue weighted by Crippen LogP contribution is 2.26. The number of hydrogen-bond donors (Lipinski definition) is 1. The fourth-order valence-corrected chi connectivity index (χ4v) is 3.14. The van der Waals surface area contributed by atoms with Crippen LogP contribution in [0.2, 0.25) is 0 Å². The molecule has 110 valence electrons. The Morgan fingerprint density at radius 3 is 2.50 bits per heavy atom. The zero-order chi connectivity index (χ0) is 14.4. The third kappa shape index (κ3) is 3.60. The number of benzene rings is 1. The monoisotopic (exact) mass is 274 g/mol. The number of carbonyl (C=O) groups excluding carboxylic acids is 1. The van der Waals surface area contributed by atoms with E-state index in [1.165, 1.54) is 19.3 Å². The third-order valence-electron chi connectivity index (χ3n) is 4.34. The van der Waals surface area contributed by atoms with Crippen molar-refractivity contribution in [2.24, 2.45) is 5.73 Å². The minimum Gasteiger partial charge on any atom is -0.338 e. The molecule has 2 N–H and O–H groups in total. The van der Waals surface area contributed by atoms with Crippen LogP contribution in [-0.4, -0.2) is 29.9 Å². The molecule has 1 atom stereocenters. The largest absolute Gasteiger partial charge is 0.338 e. The lowest BCUT2D eigenvalue weighted by Crippen LogP contribution is -2.45. The molecule has 2 rings (SSSR count). The minimum absolute atomic E-state index is 0.0790. The summed E-state index contributed by atoms with van der Waals surface area (Å²) in [4.78, 5) is 14.8. The van der Waals surface area contributed by atoms with Crippen molar-refractivity contribution in [2.75, 3.05) is 13.1 Å². The number of carbonyl (C=O) groups is 1. The molecule has 0 saturated heterocycles. The van der Waals surface area contributed by atoms with Crippen LogP contribution in [0.25, 0.3) is 0 Å². The molecular weight excluding hydrogens is 248 g/mol. The summed E-state index contributed by atoms with van der Waals surface area (Å²) in [6.07, 6.45) is 6.04. The molecule has 0 aliphatic heterocycles. The van der Waals surface area contributed by atoms with Crippen LogP contribution in [0.4, 0.5) is 0 Å². The van der Waals surface area contributed by atoms with E-state index < -0.39 is 0 Å². The average Bonchev–Trinajstić information content (AvgIpc) is 2.53. The van der Waals surface area contributed by atoms with Crippen LogP contribution < -0.4 is 5.73 Å². The highest BCUT2D eigenvalue weighted by atomic mass is 16.2. The lowest BCUT2D eigenvalue weighted by molar-refractivity contribution is -0.135. The smallest absolute Gasteiger partial charge is 0.230 e. The van der Waals surface area contributed by atoms with Crippen LogP contribution >= 0.6 is 0 Å². The van der Waals surface area contributed by atoms with Crippen LogP contribution in [0.5, 0.6) is 0 Å². The van der Waals surface area contributed by atoms with Gasteiger partial charge in [0.2, 0.25) is 5.91 Å². The zero-order valence-corrected chi connectivity index (χ0v) is 12.4. The van der Waals surface area contributed by atoms with Crippen LogP contribution in [0, 0.1) is 0 Å². The zero-order valence-electron chi connectivity index (χ0n) is 12.4. The number of nitrogens with zero attached hydrogens (tertiary/aromatic N) is 1. The Bertz CT molecular complexity index is 412. The van der Waals surface area contributed by atoms with E-state index in [1.54, 1.807) is 0 Å². The van der Waals surface area contributed by atoms with Crippen molar-refractivity contribution in [1.82, 2.24) is 4.90 Å². The van der Waals surface area contributed by atoms with Gasteiger partial charge in [0, 0.05) is 19.1 Å². The van der Waals surface area contributed by atoms with Crippen molar-refractivity contribution in [3.05, 3.63) is 35.9 Å². The number of hydrogen-bond acceptors (Lipinski definition) is 2. The maximum Gasteiger partial charge on any atom is 0.230 e. The molecule has 1 saturated carbocycles. The Hall–Kier alpha value is -1.35. The van der Waals surface area contributed by atoms with Crippen molar-refractivity contribution in [1.29, 1.82) is 0 Å². The Kier molecular flexibility index (Phi) is 5.60. The topological polar surface area (TPSA) is 46.3 Å². The predicted molar refractivity (Wildman–Crippen MR) is 82.5 cm³/mol. The molecule has 0 bridgehead atoms. The van der Waals surface area contributed by atoms with Gasteiger partial charge in [-0.1, -0.05) is 49.6 Å². The first kappa shape index (κ1) is 15.0. The quantitative estimate of drug-likeness (QED) is 0.897. The Labute approximate surface area is 122 Å². The Morgan fingerprint density at radius 2 is 1.90 bits per heavy atom. The van der Waals surface area contributed by atoms with E-state index in [-0.39, 0.29) is 11.8 Å². The van der Waals surface area contributed by atoms with Crippen LogP contribution in [0.15, 0.2) is 30.3 Å². The highest BCUT2D eigenvalue weighted by molar-refractivity contribution is 5.83. The molecule has 0 spiro atoms. The maximum absolute atomic E-state index is 12.8. The average molecular weight is 274 g/mol. The number of rotatable bonds is 5. The summed E-state index contributed by atoms with van der Waals surface area (Å²) in [5.74, 6) is 0.151.